The smallest absolute Gasteiger partial charge is 0.338 e. The fraction of sp³-hybridized carbons (Fsp3) is 0.222. The summed E-state index contributed by atoms with van der Waals surface area (Å²) >= 11 is 1.18. The SMILES string of the molecule is COc1ccc(C(=O)OCSCOC(=O)c2ccc(OC)cc2)cc1. The highest BCUT2D eigenvalue weighted by molar-refractivity contribution is 7.99. The number of ether oxygens (including phenoxy) is 4. The van der Waals surface area contributed by atoms with Crippen LogP contribution in [0.1, 0.15) is 20.7 Å². The zero-order valence-corrected chi connectivity index (χ0v) is 14.7. The van der Waals surface area contributed by atoms with Crippen LogP contribution in [0, 0.1) is 0 Å². The summed E-state index contributed by atoms with van der Waals surface area (Å²) < 4.78 is 20.2. The summed E-state index contributed by atoms with van der Waals surface area (Å²) in [5.41, 5.74) is 0.855. The Hall–Kier alpha value is -2.67. The van der Waals surface area contributed by atoms with E-state index in [9.17, 15) is 9.59 Å². The number of hydrogen-bond donors (Lipinski definition) is 0. The van der Waals surface area contributed by atoms with Gasteiger partial charge >= 0.3 is 11.9 Å². The van der Waals surface area contributed by atoms with Crippen LogP contribution in [0.25, 0.3) is 0 Å². The second kappa shape index (κ2) is 9.58. The minimum absolute atomic E-state index is 0.0841. The van der Waals surface area contributed by atoms with Gasteiger partial charge in [0.1, 0.15) is 23.4 Å². The standard InChI is InChI=1S/C18H18O6S/c1-21-15-7-3-13(4-8-15)17(19)23-11-25-12-24-18(20)14-5-9-16(22-2)10-6-14/h3-10H,11-12H2,1-2H3. The van der Waals surface area contributed by atoms with Crippen LogP contribution in [0.4, 0.5) is 0 Å². The van der Waals surface area contributed by atoms with Gasteiger partial charge in [-0.3, -0.25) is 0 Å². The van der Waals surface area contributed by atoms with E-state index in [0.717, 1.165) is 0 Å². The number of benzene rings is 2. The van der Waals surface area contributed by atoms with Crippen molar-refractivity contribution in [2.45, 2.75) is 0 Å². The highest BCUT2D eigenvalue weighted by Crippen LogP contribution is 2.14. The zero-order chi connectivity index (χ0) is 18.1. The average molecular weight is 362 g/mol. The molecular weight excluding hydrogens is 344 g/mol. The number of rotatable bonds is 8. The van der Waals surface area contributed by atoms with Gasteiger partial charge in [-0.15, -0.1) is 0 Å². The van der Waals surface area contributed by atoms with Crippen molar-refractivity contribution in [3.63, 3.8) is 0 Å². The first-order valence-corrected chi connectivity index (χ1v) is 8.49. The Balaban J connectivity index is 1.68. The molecule has 0 aromatic heterocycles. The molecule has 0 aliphatic carbocycles. The van der Waals surface area contributed by atoms with E-state index in [0.29, 0.717) is 22.6 Å². The van der Waals surface area contributed by atoms with Crippen molar-refractivity contribution in [1.82, 2.24) is 0 Å². The van der Waals surface area contributed by atoms with Gasteiger partial charge in [-0.2, -0.15) is 0 Å². The second-order valence-electron chi connectivity index (χ2n) is 4.76. The first-order valence-electron chi connectivity index (χ1n) is 7.34. The Morgan fingerprint density at radius 1 is 0.720 bits per heavy atom. The minimum atomic E-state index is -0.448. The lowest BCUT2D eigenvalue weighted by Gasteiger charge is -2.07. The lowest BCUT2D eigenvalue weighted by molar-refractivity contribution is 0.0566. The van der Waals surface area contributed by atoms with Crippen molar-refractivity contribution in [3.05, 3.63) is 59.7 Å². The summed E-state index contributed by atoms with van der Waals surface area (Å²) in [6.45, 7) is 0. The molecule has 25 heavy (non-hydrogen) atoms. The molecule has 0 aliphatic heterocycles. The molecule has 0 atom stereocenters. The molecule has 6 nitrogen and oxygen atoms in total. The molecule has 0 N–H and O–H groups in total. The molecule has 2 aromatic carbocycles. The normalized spacial score (nSPS) is 10.0. The summed E-state index contributed by atoms with van der Waals surface area (Å²) in [5, 5.41) is 0. The van der Waals surface area contributed by atoms with Crippen molar-refractivity contribution >= 4 is 23.7 Å². The van der Waals surface area contributed by atoms with Crippen LogP contribution in [-0.2, 0) is 9.47 Å². The average Bonchev–Trinajstić information content (AvgIpc) is 2.67. The Kier molecular flexibility index (Phi) is 7.16. The third kappa shape index (κ3) is 5.72. The van der Waals surface area contributed by atoms with Crippen LogP contribution < -0.4 is 9.47 Å². The Morgan fingerprint density at radius 3 is 1.40 bits per heavy atom. The predicted octanol–water partition coefficient (Wildman–Crippen LogP) is 3.37. The minimum Gasteiger partial charge on any atom is -0.497 e. The van der Waals surface area contributed by atoms with Gasteiger partial charge in [0.15, 0.2) is 0 Å². The van der Waals surface area contributed by atoms with E-state index in [2.05, 4.69) is 0 Å². The molecule has 0 heterocycles. The van der Waals surface area contributed by atoms with Gasteiger partial charge in [0.2, 0.25) is 0 Å². The van der Waals surface area contributed by atoms with Gasteiger partial charge in [-0.1, -0.05) is 11.8 Å². The van der Waals surface area contributed by atoms with Gasteiger partial charge in [0, 0.05) is 0 Å². The van der Waals surface area contributed by atoms with Gasteiger partial charge in [0.25, 0.3) is 0 Å². The van der Waals surface area contributed by atoms with Gasteiger partial charge < -0.3 is 18.9 Å². The molecule has 0 amide bonds. The Bertz CT molecular complexity index is 635. The number of methoxy groups -OCH3 is 2. The fourth-order valence-corrected chi connectivity index (χ4v) is 2.29. The van der Waals surface area contributed by atoms with Gasteiger partial charge in [-0.25, -0.2) is 9.59 Å². The van der Waals surface area contributed by atoms with E-state index in [4.69, 9.17) is 18.9 Å². The van der Waals surface area contributed by atoms with Crippen molar-refractivity contribution < 1.29 is 28.5 Å². The molecule has 0 unspecified atom stereocenters. The highest BCUT2D eigenvalue weighted by Gasteiger charge is 2.09. The van der Waals surface area contributed by atoms with Crippen molar-refractivity contribution in [2.75, 3.05) is 26.1 Å². The molecule has 0 bridgehead atoms. The van der Waals surface area contributed by atoms with Crippen LogP contribution in [0.2, 0.25) is 0 Å². The molecule has 0 aliphatic rings. The van der Waals surface area contributed by atoms with Crippen molar-refractivity contribution in [3.8, 4) is 11.5 Å². The molecule has 0 fully saturated rings. The number of hydrogen-bond acceptors (Lipinski definition) is 7. The van der Waals surface area contributed by atoms with Gasteiger partial charge in [-0.05, 0) is 48.5 Å². The van der Waals surface area contributed by atoms with Crippen LogP contribution in [0.3, 0.4) is 0 Å². The lowest BCUT2D eigenvalue weighted by Crippen LogP contribution is -2.07. The van der Waals surface area contributed by atoms with Crippen molar-refractivity contribution in [1.29, 1.82) is 0 Å². The second-order valence-corrected chi connectivity index (χ2v) is 5.64. The van der Waals surface area contributed by atoms with E-state index in [1.165, 1.54) is 11.8 Å². The largest absolute Gasteiger partial charge is 0.497 e. The highest BCUT2D eigenvalue weighted by atomic mass is 32.2. The molecule has 2 aromatic rings. The van der Waals surface area contributed by atoms with E-state index < -0.39 is 11.9 Å². The van der Waals surface area contributed by atoms with Crippen LogP contribution in [0.5, 0.6) is 11.5 Å². The van der Waals surface area contributed by atoms with E-state index in [1.54, 1.807) is 62.8 Å². The number of carbonyl (C=O) groups excluding carboxylic acids is 2. The van der Waals surface area contributed by atoms with Crippen LogP contribution >= 0.6 is 11.8 Å². The topological polar surface area (TPSA) is 71.1 Å². The molecule has 0 saturated carbocycles. The number of carbonyl (C=O) groups is 2. The summed E-state index contributed by atoms with van der Waals surface area (Å²) in [5.74, 6) is 0.600. The first kappa shape index (κ1) is 18.7. The summed E-state index contributed by atoms with van der Waals surface area (Å²) in [6, 6.07) is 13.2. The zero-order valence-electron chi connectivity index (χ0n) is 13.9. The number of esters is 2. The maximum atomic E-state index is 11.8. The Labute approximate surface area is 150 Å². The van der Waals surface area contributed by atoms with Gasteiger partial charge in [0.05, 0.1) is 25.3 Å². The monoisotopic (exact) mass is 362 g/mol. The molecule has 2 rings (SSSR count). The third-order valence-corrected chi connectivity index (χ3v) is 3.77. The van der Waals surface area contributed by atoms with E-state index in [1.807, 2.05) is 0 Å². The summed E-state index contributed by atoms with van der Waals surface area (Å²) in [7, 11) is 3.11. The molecule has 0 saturated heterocycles. The van der Waals surface area contributed by atoms with E-state index >= 15 is 0 Å². The fourth-order valence-electron chi connectivity index (χ4n) is 1.85. The third-order valence-electron chi connectivity index (χ3n) is 3.20. The van der Waals surface area contributed by atoms with Crippen LogP contribution in [-0.4, -0.2) is 38.0 Å². The maximum absolute atomic E-state index is 11.8. The maximum Gasteiger partial charge on any atom is 0.338 e. The molecule has 0 radical (unpaired) electrons. The predicted molar refractivity (Wildman–Crippen MR) is 94.1 cm³/mol. The molecular formula is C18H18O6S. The Morgan fingerprint density at radius 2 is 1.08 bits per heavy atom. The summed E-state index contributed by atoms with van der Waals surface area (Å²) in [4.78, 5) is 23.7. The molecule has 0 spiro atoms. The van der Waals surface area contributed by atoms with Crippen molar-refractivity contribution in [2.24, 2.45) is 0 Å². The quantitative estimate of drug-likeness (QED) is 0.405. The summed E-state index contributed by atoms with van der Waals surface area (Å²) in [6.07, 6.45) is 0. The van der Waals surface area contributed by atoms with Crippen LogP contribution in [0.15, 0.2) is 48.5 Å². The first-order chi connectivity index (χ1) is 12.1. The lowest BCUT2D eigenvalue weighted by atomic mass is 10.2. The van der Waals surface area contributed by atoms with E-state index in [-0.39, 0.29) is 11.9 Å². The molecule has 7 heteroatoms. The number of thioether (sulfide) groups is 1. The molecule has 132 valence electrons.